The van der Waals surface area contributed by atoms with E-state index in [1.165, 1.54) is 11.1 Å². The molecule has 0 saturated carbocycles. The van der Waals surface area contributed by atoms with Crippen LogP contribution in [0.5, 0.6) is 0 Å². The van der Waals surface area contributed by atoms with Crippen molar-refractivity contribution >= 4 is 27.9 Å². The lowest BCUT2D eigenvalue weighted by Gasteiger charge is -2.06. The Labute approximate surface area is 121 Å². The van der Waals surface area contributed by atoms with Crippen LogP contribution in [0.25, 0.3) is 10.8 Å². The zero-order valence-electron chi connectivity index (χ0n) is 11.8. The van der Waals surface area contributed by atoms with Crippen LogP contribution in [-0.2, 0) is 13.5 Å². The highest BCUT2D eigenvalue weighted by Gasteiger charge is 2.12. The smallest absolute Gasteiger partial charge is 0.158 e. The molecule has 20 heavy (non-hydrogen) atoms. The van der Waals surface area contributed by atoms with Crippen LogP contribution in [0, 0.1) is 13.8 Å². The van der Waals surface area contributed by atoms with Crippen molar-refractivity contribution in [1.82, 2.24) is 19.7 Å². The van der Waals surface area contributed by atoms with Crippen LogP contribution in [-0.4, -0.2) is 26.3 Å². The van der Waals surface area contributed by atoms with Crippen LogP contribution in [0.2, 0.25) is 0 Å². The summed E-state index contributed by atoms with van der Waals surface area (Å²) in [5.41, 5.74) is 2.19. The molecule has 0 bridgehead atoms. The third kappa shape index (κ3) is 2.27. The minimum atomic E-state index is 0.814. The molecule has 3 heterocycles. The lowest BCUT2D eigenvalue weighted by molar-refractivity contribution is 0.888. The highest BCUT2D eigenvalue weighted by molar-refractivity contribution is 7.09. The van der Waals surface area contributed by atoms with Gasteiger partial charge in [0.15, 0.2) is 5.82 Å². The molecule has 0 aromatic carbocycles. The molecule has 0 atom stereocenters. The van der Waals surface area contributed by atoms with Crippen LogP contribution in [0.4, 0.5) is 5.82 Å². The number of hydrogen-bond acceptors (Lipinski definition) is 5. The molecule has 0 aliphatic heterocycles. The quantitative estimate of drug-likeness (QED) is 0.801. The Morgan fingerprint density at radius 1 is 1.30 bits per heavy atom. The molecule has 0 unspecified atom stereocenters. The summed E-state index contributed by atoms with van der Waals surface area (Å²) in [5, 5.41) is 17.4. The lowest BCUT2D eigenvalue weighted by atomic mass is 10.2. The average Bonchev–Trinajstić information content (AvgIpc) is 3.03. The predicted molar refractivity (Wildman–Crippen MR) is 82.3 cm³/mol. The molecule has 3 aromatic heterocycles. The molecule has 6 heteroatoms. The molecule has 0 amide bonds. The Kier molecular flexibility index (Phi) is 3.40. The van der Waals surface area contributed by atoms with E-state index < -0.39 is 0 Å². The summed E-state index contributed by atoms with van der Waals surface area (Å²) >= 11 is 1.68. The van der Waals surface area contributed by atoms with Gasteiger partial charge in [0.2, 0.25) is 0 Å². The summed E-state index contributed by atoms with van der Waals surface area (Å²) in [6, 6.07) is 0. The van der Waals surface area contributed by atoms with Gasteiger partial charge in [0.1, 0.15) is 0 Å². The summed E-state index contributed by atoms with van der Waals surface area (Å²) in [5.74, 6) is 0.853. The number of hydrogen-bond donors (Lipinski definition) is 1. The minimum absolute atomic E-state index is 0.814. The fourth-order valence-corrected chi connectivity index (χ4v) is 3.01. The van der Waals surface area contributed by atoms with Crippen LogP contribution >= 0.6 is 11.3 Å². The first kappa shape index (κ1) is 13.1. The van der Waals surface area contributed by atoms with Crippen LogP contribution in [0.3, 0.4) is 0 Å². The topological polar surface area (TPSA) is 55.6 Å². The van der Waals surface area contributed by atoms with Crippen LogP contribution in [0.1, 0.15) is 16.4 Å². The van der Waals surface area contributed by atoms with Gasteiger partial charge in [0.05, 0.1) is 10.7 Å². The van der Waals surface area contributed by atoms with Gasteiger partial charge in [-0.1, -0.05) is 0 Å². The van der Waals surface area contributed by atoms with E-state index in [0.717, 1.165) is 34.9 Å². The van der Waals surface area contributed by atoms with Crippen LogP contribution in [0.15, 0.2) is 17.8 Å². The molecule has 104 valence electrons. The van der Waals surface area contributed by atoms with Crippen molar-refractivity contribution in [2.45, 2.75) is 20.3 Å². The van der Waals surface area contributed by atoms with Gasteiger partial charge >= 0.3 is 0 Å². The zero-order chi connectivity index (χ0) is 14.1. The van der Waals surface area contributed by atoms with E-state index in [1.807, 2.05) is 25.5 Å². The number of thiazole rings is 1. The van der Waals surface area contributed by atoms with Crippen molar-refractivity contribution in [3.8, 4) is 0 Å². The first-order valence-corrected chi connectivity index (χ1v) is 7.46. The van der Waals surface area contributed by atoms with Crippen LogP contribution < -0.4 is 5.32 Å². The first-order chi connectivity index (χ1) is 9.66. The number of rotatable bonds is 4. The number of aryl methyl sites for hydroxylation is 3. The van der Waals surface area contributed by atoms with E-state index in [2.05, 4.69) is 38.2 Å². The largest absolute Gasteiger partial charge is 0.368 e. The van der Waals surface area contributed by atoms with E-state index in [1.54, 1.807) is 11.3 Å². The second-order valence-corrected chi connectivity index (χ2v) is 5.83. The molecule has 5 nitrogen and oxygen atoms in total. The summed E-state index contributed by atoms with van der Waals surface area (Å²) < 4.78 is 2.12. The van der Waals surface area contributed by atoms with E-state index in [9.17, 15) is 0 Å². The molecule has 0 radical (unpaired) electrons. The van der Waals surface area contributed by atoms with Crippen molar-refractivity contribution in [2.24, 2.45) is 7.05 Å². The predicted octanol–water partition coefficient (Wildman–Crippen LogP) is 2.70. The Bertz CT molecular complexity index is 730. The number of nitrogens with one attached hydrogen (secondary N) is 1. The lowest BCUT2D eigenvalue weighted by Crippen LogP contribution is -2.07. The Morgan fingerprint density at radius 2 is 2.15 bits per heavy atom. The Balaban J connectivity index is 1.85. The summed E-state index contributed by atoms with van der Waals surface area (Å²) in [6.07, 6.45) is 4.85. The van der Waals surface area contributed by atoms with Gasteiger partial charge in [-0.3, -0.25) is 0 Å². The van der Waals surface area contributed by atoms with E-state index in [0.29, 0.717) is 0 Å². The molecule has 0 fully saturated rings. The van der Waals surface area contributed by atoms with Gasteiger partial charge in [0.25, 0.3) is 0 Å². The van der Waals surface area contributed by atoms with Gasteiger partial charge in [-0.25, -0.2) is 4.98 Å². The third-order valence-electron chi connectivity index (χ3n) is 3.51. The van der Waals surface area contributed by atoms with Gasteiger partial charge < -0.3 is 9.88 Å². The van der Waals surface area contributed by atoms with Crippen molar-refractivity contribution < 1.29 is 0 Å². The average molecular weight is 287 g/mol. The third-order valence-corrected chi connectivity index (χ3v) is 4.35. The molecule has 3 aromatic rings. The van der Waals surface area contributed by atoms with Gasteiger partial charge in [-0.2, -0.15) is 5.10 Å². The number of anilines is 1. The second kappa shape index (κ2) is 5.20. The highest BCUT2D eigenvalue weighted by atomic mass is 32.1. The van der Waals surface area contributed by atoms with E-state index in [-0.39, 0.29) is 0 Å². The maximum Gasteiger partial charge on any atom is 0.158 e. The fourth-order valence-electron chi connectivity index (χ4n) is 2.39. The molecule has 3 rings (SSSR count). The van der Waals surface area contributed by atoms with E-state index in [4.69, 9.17) is 0 Å². The SMILES string of the molecule is Cc1nnc(NCCc2nccs2)c2cn(C)c(C)c12. The van der Waals surface area contributed by atoms with Crippen molar-refractivity contribution in [2.75, 3.05) is 11.9 Å². The fraction of sp³-hybridized carbons (Fsp3) is 0.357. The maximum absolute atomic E-state index is 4.29. The maximum atomic E-state index is 4.29. The highest BCUT2D eigenvalue weighted by Crippen LogP contribution is 2.27. The number of nitrogens with zero attached hydrogens (tertiary/aromatic N) is 4. The normalized spacial score (nSPS) is 11.2. The zero-order valence-corrected chi connectivity index (χ0v) is 12.7. The molecule has 0 aliphatic rings. The van der Waals surface area contributed by atoms with Gasteiger partial charge in [-0.05, 0) is 13.8 Å². The summed E-state index contributed by atoms with van der Waals surface area (Å²) in [7, 11) is 2.05. The van der Waals surface area contributed by atoms with Gasteiger partial charge in [-0.15, -0.1) is 16.4 Å². The molecule has 0 aliphatic carbocycles. The Morgan fingerprint density at radius 3 is 2.90 bits per heavy atom. The van der Waals surface area contributed by atoms with Gasteiger partial charge in [0, 0.05) is 54.3 Å². The summed E-state index contributed by atoms with van der Waals surface area (Å²) in [4.78, 5) is 4.28. The molecular formula is C14H17N5S. The number of fused-ring (bicyclic) bond motifs is 1. The van der Waals surface area contributed by atoms with Crippen molar-refractivity contribution in [3.05, 3.63) is 34.2 Å². The molecule has 1 N–H and O–H groups in total. The van der Waals surface area contributed by atoms with Crippen molar-refractivity contribution in [1.29, 1.82) is 0 Å². The van der Waals surface area contributed by atoms with E-state index >= 15 is 0 Å². The van der Waals surface area contributed by atoms with Crippen molar-refractivity contribution in [3.63, 3.8) is 0 Å². The monoisotopic (exact) mass is 287 g/mol. The Hall–Kier alpha value is -1.95. The second-order valence-electron chi connectivity index (χ2n) is 4.85. The molecule has 0 spiro atoms. The number of aromatic nitrogens is 4. The molecular weight excluding hydrogens is 270 g/mol. The minimum Gasteiger partial charge on any atom is -0.368 e. The summed E-state index contributed by atoms with van der Waals surface area (Å²) in [6.45, 7) is 4.92. The first-order valence-electron chi connectivity index (χ1n) is 6.58. The standard InChI is InChI=1S/C14H17N5S/c1-9-13-10(2)19(3)8-11(13)14(18-17-9)16-5-4-12-15-6-7-20-12/h6-8H,4-5H2,1-3H3,(H,16,18). The molecule has 0 saturated heterocycles.